The molecular formula is C19H24F2N2O3S2. The molecule has 5 nitrogen and oxygen atoms in total. The summed E-state index contributed by atoms with van der Waals surface area (Å²) in [6.07, 6.45) is 1.20. The Labute approximate surface area is 168 Å². The Kier molecular flexibility index (Phi) is 6.36. The second-order valence-electron chi connectivity index (χ2n) is 7.10. The summed E-state index contributed by atoms with van der Waals surface area (Å²) in [6, 6.07) is 6.76. The highest BCUT2D eigenvalue weighted by Gasteiger charge is 2.42. The van der Waals surface area contributed by atoms with Crippen molar-refractivity contribution in [2.45, 2.75) is 45.1 Å². The van der Waals surface area contributed by atoms with E-state index in [1.807, 2.05) is 25.3 Å². The molecule has 2 atom stereocenters. The van der Waals surface area contributed by atoms with Gasteiger partial charge in [-0.25, -0.2) is 26.9 Å². The Morgan fingerprint density at radius 1 is 1.32 bits per heavy atom. The van der Waals surface area contributed by atoms with Crippen LogP contribution in [0.5, 0.6) is 5.75 Å². The summed E-state index contributed by atoms with van der Waals surface area (Å²) in [4.78, 5) is 5.45. The summed E-state index contributed by atoms with van der Waals surface area (Å²) in [5, 5.41) is 0.907. The molecule has 0 aliphatic heterocycles. The Morgan fingerprint density at radius 2 is 2.04 bits per heavy atom. The van der Waals surface area contributed by atoms with E-state index >= 15 is 0 Å². The smallest absolute Gasteiger partial charge is 0.248 e. The highest BCUT2D eigenvalue weighted by atomic mass is 32.2. The van der Waals surface area contributed by atoms with E-state index in [1.54, 1.807) is 23.5 Å². The van der Waals surface area contributed by atoms with Gasteiger partial charge in [0, 0.05) is 41.4 Å². The minimum atomic E-state index is -3.46. The number of nitrogens with one attached hydrogen (secondary N) is 1. The maximum Gasteiger partial charge on any atom is 0.248 e. The summed E-state index contributed by atoms with van der Waals surface area (Å²) >= 11 is 1.59. The minimum absolute atomic E-state index is 0.0300. The van der Waals surface area contributed by atoms with Gasteiger partial charge in [-0.15, -0.1) is 11.3 Å². The lowest BCUT2D eigenvalue weighted by atomic mass is 9.83. The summed E-state index contributed by atoms with van der Waals surface area (Å²) < 4.78 is 59.8. The van der Waals surface area contributed by atoms with Crippen LogP contribution in [0.2, 0.25) is 0 Å². The van der Waals surface area contributed by atoms with E-state index in [9.17, 15) is 17.2 Å². The first kappa shape index (κ1) is 21.1. The topological polar surface area (TPSA) is 68.3 Å². The lowest BCUT2D eigenvalue weighted by Crippen LogP contribution is -2.48. The van der Waals surface area contributed by atoms with Crippen molar-refractivity contribution < 1.29 is 21.9 Å². The SMILES string of the molecule is CCS(=O)(=O)N[C@H]1CCC(F)(F)C[C@@H]1COc1ccc(-c2ncc(C)s2)cc1. The fraction of sp³-hybridized carbons (Fsp3) is 0.526. The third-order valence-electron chi connectivity index (χ3n) is 4.85. The van der Waals surface area contributed by atoms with Gasteiger partial charge >= 0.3 is 0 Å². The molecule has 0 bridgehead atoms. The lowest BCUT2D eigenvalue weighted by Gasteiger charge is -2.36. The minimum Gasteiger partial charge on any atom is -0.493 e. The van der Waals surface area contributed by atoms with Crippen LogP contribution in [0.4, 0.5) is 8.78 Å². The number of hydrogen-bond donors (Lipinski definition) is 1. The fourth-order valence-electron chi connectivity index (χ4n) is 3.26. The Morgan fingerprint density at radius 3 is 2.64 bits per heavy atom. The Bertz CT molecular complexity index is 898. The summed E-state index contributed by atoms with van der Waals surface area (Å²) in [7, 11) is -3.46. The summed E-state index contributed by atoms with van der Waals surface area (Å²) in [6.45, 7) is 3.54. The maximum atomic E-state index is 13.9. The highest BCUT2D eigenvalue weighted by molar-refractivity contribution is 7.89. The maximum absolute atomic E-state index is 13.9. The van der Waals surface area contributed by atoms with E-state index < -0.39 is 27.9 Å². The van der Waals surface area contributed by atoms with E-state index in [0.29, 0.717) is 5.75 Å². The van der Waals surface area contributed by atoms with Gasteiger partial charge in [-0.1, -0.05) is 0 Å². The van der Waals surface area contributed by atoms with Crippen molar-refractivity contribution in [2.24, 2.45) is 5.92 Å². The van der Waals surface area contributed by atoms with Crippen molar-refractivity contribution in [1.29, 1.82) is 0 Å². The van der Waals surface area contributed by atoms with E-state index in [1.165, 1.54) is 6.92 Å². The zero-order chi connectivity index (χ0) is 20.4. The molecule has 1 N–H and O–H groups in total. The van der Waals surface area contributed by atoms with Crippen molar-refractivity contribution in [2.75, 3.05) is 12.4 Å². The molecule has 1 fully saturated rings. The quantitative estimate of drug-likeness (QED) is 0.713. The number of alkyl halides is 2. The van der Waals surface area contributed by atoms with E-state index in [4.69, 9.17) is 4.74 Å². The van der Waals surface area contributed by atoms with E-state index in [0.717, 1.165) is 15.4 Å². The van der Waals surface area contributed by atoms with Crippen LogP contribution in [0.25, 0.3) is 10.6 Å². The number of nitrogens with zero attached hydrogens (tertiary/aromatic N) is 1. The summed E-state index contributed by atoms with van der Waals surface area (Å²) in [5.41, 5.74) is 0.961. The first-order valence-electron chi connectivity index (χ1n) is 9.21. The second-order valence-corrected chi connectivity index (χ2v) is 10.4. The van der Waals surface area contributed by atoms with E-state index in [-0.39, 0.29) is 31.6 Å². The molecule has 154 valence electrons. The zero-order valence-electron chi connectivity index (χ0n) is 15.8. The molecule has 0 unspecified atom stereocenters. The average Bonchev–Trinajstić information content (AvgIpc) is 3.08. The molecular weight excluding hydrogens is 406 g/mol. The van der Waals surface area contributed by atoms with Gasteiger partial charge in [0.1, 0.15) is 10.8 Å². The Hall–Kier alpha value is -1.58. The molecule has 1 aliphatic carbocycles. The van der Waals surface area contributed by atoms with Gasteiger partial charge in [0.05, 0.1) is 12.4 Å². The number of thiazole rings is 1. The predicted molar refractivity (Wildman–Crippen MR) is 106 cm³/mol. The first-order chi connectivity index (χ1) is 13.2. The van der Waals surface area contributed by atoms with Crippen molar-refractivity contribution in [3.8, 4) is 16.3 Å². The van der Waals surface area contributed by atoms with Gasteiger partial charge in [0.2, 0.25) is 15.9 Å². The average molecular weight is 431 g/mol. The molecule has 1 aromatic carbocycles. The number of sulfonamides is 1. The first-order valence-corrected chi connectivity index (χ1v) is 11.7. The number of hydrogen-bond acceptors (Lipinski definition) is 5. The molecule has 3 rings (SSSR count). The van der Waals surface area contributed by atoms with Crippen LogP contribution >= 0.6 is 11.3 Å². The molecule has 9 heteroatoms. The van der Waals surface area contributed by atoms with Crippen LogP contribution in [0, 0.1) is 12.8 Å². The largest absolute Gasteiger partial charge is 0.493 e. The predicted octanol–water partition coefficient (Wildman–Crippen LogP) is 4.24. The molecule has 1 aromatic heterocycles. The molecule has 0 spiro atoms. The van der Waals surface area contributed by atoms with Crippen LogP contribution in [-0.4, -0.2) is 37.7 Å². The molecule has 1 heterocycles. The molecule has 1 aliphatic rings. The molecule has 1 saturated carbocycles. The highest BCUT2D eigenvalue weighted by Crippen LogP contribution is 2.37. The van der Waals surface area contributed by atoms with Crippen LogP contribution in [0.15, 0.2) is 30.5 Å². The van der Waals surface area contributed by atoms with Crippen LogP contribution < -0.4 is 9.46 Å². The monoisotopic (exact) mass is 430 g/mol. The standard InChI is InChI=1S/C19H24F2N2O3S2/c1-3-28(24,25)23-17-8-9-19(20,21)10-15(17)12-26-16-6-4-14(5-7-16)18-22-11-13(2)27-18/h4-7,11,15,17,23H,3,8-10,12H2,1-2H3/t15-,17+/m1/s1. The zero-order valence-corrected chi connectivity index (χ0v) is 17.5. The van der Waals surface area contributed by atoms with Crippen molar-refractivity contribution in [1.82, 2.24) is 9.71 Å². The molecule has 0 saturated heterocycles. The second kappa shape index (κ2) is 8.42. The molecule has 28 heavy (non-hydrogen) atoms. The fourth-order valence-corrected chi connectivity index (χ4v) is 4.97. The third kappa shape index (κ3) is 5.48. The molecule has 0 amide bonds. The van der Waals surface area contributed by atoms with Crippen LogP contribution in [-0.2, 0) is 10.0 Å². The van der Waals surface area contributed by atoms with Gasteiger partial charge in [0.15, 0.2) is 0 Å². The number of aromatic nitrogens is 1. The number of ether oxygens (including phenoxy) is 1. The van der Waals surface area contributed by atoms with Crippen molar-refractivity contribution in [3.05, 3.63) is 35.3 Å². The number of rotatable bonds is 7. The van der Waals surface area contributed by atoms with Crippen molar-refractivity contribution >= 4 is 21.4 Å². The van der Waals surface area contributed by atoms with E-state index in [2.05, 4.69) is 9.71 Å². The molecule has 2 aromatic rings. The van der Waals surface area contributed by atoms with Gasteiger partial charge in [0.25, 0.3) is 0 Å². The van der Waals surface area contributed by atoms with Crippen LogP contribution in [0.1, 0.15) is 31.1 Å². The lowest BCUT2D eigenvalue weighted by molar-refractivity contribution is -0.0660. The Balaban J connectivity index is 1.66. The normalized spacial score (nSPS) is 22.1. The van der Waals surface area contributed by atoms with Crippen LogP contribution in [0.3, 0.4) is 0 Å². The van der Waals surface area contributed by atoms with Gasteiger partial charge < -0.3 is 4.74 Å². The third-order valence-corrected chi connectivity index (χ3v) is 7.23. The van der Waals surface area contributed by atoms with Gasteiger partial charge in [-0.3, -0.25) is 0 Å². The number of benzene rings is 1. The van der Waals surface area contributed by atoms with Gasteiger partial charge in [-0.2, -0.15) is 0 Å². The summed E-state index contributed by atoms with van der Waals surface area (Å²) in [5.74, 6) is -2.91. The number of aryl methyl sites for hydroxylation is 1. The number of halogens is 2. The van der Waals surface area contributed by atoms with Crippen molar-refractivity contribution in [3.63, 3.8) is 0 Å². The molecule has 0 radical (unpaired) electrons. The van der Waals surface area contributed by atoms with Gasteiger partial charge in [-0.05, 0) is 44.5 Å².